The third-order valence-electron chi connectivity index (χ3n) is 1.93. The van der Waals surface area contributed by atoms with Crippen molar-refractivity contribution in [2.45, 2.75) is 9.92 Å². The molecule has 2 aromatic rings. The van der Waals surface area contributed by atoms with Crippen molar-refractivity contribution in [3.05, 3.63) is 47.4 Å². The van der Waals surface area contributed by atoms with Gasteiger partial charge in [-0.15, -0.1) is 0 Å². The molecule has 17 heavy (non-hydrogen) atoms. The van der Waals surface area contributed by atoms with Gasteiger partial charge in [-0.2, -0.15) is 0 Å². The molecule has 0 amide bonds. The van der Waals surface area contributed by atoms with Crippen molar-refractivity contribution in [3.8, 4) is 0 Å². The molecule has 3 N–H and O–H groups in total. The topological polar surface area (TPSA) is 75.7 Å². The first-order chi connectivity index (χ1) is 8.15. The zero-order chi connectivity index (χ0) is 12.3. The summed E-state index contributed by atoms with van der Waals surface area (Å²) >= 11 is 7.22. The average molecular weight is 265 g/mol. The van der Waals surface area contributed by atoms with Crippen LogP contribution in [0.5, 0.6) is 0 Å². The minimum absolute atomic E-state index is 0.0360. The van der Waals surface area contributed by atoms with Gasteiger partial charge in [0.2, 0.25) is 0 Å². The molecule has 2 rings (SSSR count). The van der Waals surface area contributed by atoms with Gasteiger partial charge in [-0.05, 0) is 24.3 Å². The number of nitrogens with zero attached hydrogens (tertiary/aromatic N) is 2. The van der Waals surface area contributed by atoms with Crippen molar-refractivity contribution in [3.63, 3.8) is 0 Å². The highest BCUT2D eigenvalue weighted by atomic mass is 35.5. The van der Waals surface area contributed by atoms with Gasteiger partial charge >= 0.3 is 0 Å². The normalized spacial score (nSPS) is 10.2. The molecule has 0 saturated carbocycles. The Hall–Kier alpha value is -1.59. The lowest BCUT2D eigenvalue weighted by atomic mass is 10.3. The Balaban J connectivity index is 2.13. The first kappa shape index (κ1) is 11.9. The number of nitrogens with two attached hydrogens (primary N) is 1. The minimum Gasteiger partial charge on any atom is -0.382 e. The van der Waals surface area contributed by atoms with Crippen molar-refractivity contribution in [2.24, 2.45) is 5.73 Å². The Labute approximate surface area is 108 Å². The molecule has 86 valence electrons. The van der Waals surface area contributed by atoms with E-state index >= 15 is 0 Å². The largest absolute Gasteiger partial charge is 0.382 e. The molecule has 0 saturated heterocycles. The van der Waals surface area contributed by atoms with E-state index in [9.17, 15) is 0 Å². The Morgan fingerprint density at radius 2 is 2.00 bits per heavy atom. The van der Waals surface area contributed by atoms with Crippen LogP contribution in [0.2, 0.25) is 5.02 Å². The quantitative estimate of drug-likeness (QED) is 0.660. The molecule has 0 fully saturated rings. The molecule has 0 spiro atoms. The number of rotatable bonds is 3. The summed E-state index contributed by atoms with van der Waals surface area (Å²) in [5.41, 5.74) is 5.79. The average Bonchev–Trinajstić information content (AvgIpc) is 2.33. The van der Waals surface area contributed by atoms with E-state index in [1.54, 1.807) is 24.5 Å². The smallest absolute Gasteiger partial charge is 0.141 e. The third-order valence-corrected chi connectivity index (χ3v) is 3.09. The van der Waals surface area contributed by atoms with Crippen molar-refractivity contribution in [1.82, 2.24) is 9.97 Å². The molecule has 0 bridgehead atoms. The van der Waals surface area contributed by atoms with Crippen molar-refractivity contribution >= 4 is 29.2 Å². The molecule has 0 aliphatic rings. The van der Waals surface area contributed by atoms with Crippen LogP contribution in [-0.2, 0) is 0 Å². The zero-order valence-electron chi connectivity index (χ0n) is 8.72. The number of hydrogen-bond acceptors (Lipinski definition) is 4. The van der Waals surface area contributed by atoms with Crippen molar-refractivity contribution in [1.29, 1.82) is 5.41 Å². The molecule has 0 aliphatic heterocycles. The van der Waals surface area contributed by atoms with E-state index < -0.39 is 0 Å². The highest BCUT2D eigenvalue weighted by molar-refractivity contribution is 7.99. The van der Waals surface area contributed by atoms with E-state index in [0.717, 1.165) is 9.92 Å². The van der Waals surface area contributed by atoms with Crippen molar-refractivity contribution in [2.75, 3.05) is 0 Å². The van der Waals surface area contributed by atoms with Crippen LogP contribution in [0.15, 0.2) is 46.6 Å². The molecule has 4 nitrogen and oxygen atoms in total. The summed E-state index contributed by atoms with van der Waals surface area (Å²) in [4.78, 5) is 9.17. The first-order valence-corrected chi connectivity index (χ1v) is 5.94. The highest BCUT2D eigenvalue weighted by Crippen LogP contribution is 2.25. The second-order valence-corrected chi connectivity index (χ2v) is 4.74. The van der Waals surface area contributed by atoms with Crippen LogP contribution in [0.25, 0.3) is 0 Å². The Morgan fingerprint density at radius 1 is 1.18 bits per heavy atom. The number of halogens is 1. The Morgan fingerprint density at radius 3 is 2.53 bits per heavy atom. The van der Waals surface area contributed by atoms with Gasteiger partial charge in [0.25, 0.3) is 0 Å². The van der Waals surface area contributed by atoms with E-state index in [0.29, 0.717) is 10.7 Å². The van der Waals surface area contributed by atoms with E-state index in [1.165, 1.54) is 11.8 Å². The summed E-state index contributed by atoms with van der Waals surface area (Å²) in [5, 5.41) is 8.68. The van der Waals surface area contributed by atoms with Gasteiger partial charge in [0.15, 0.2) is 0 Å². The SMILES string of the molecule is N=C(N)c1ccc(Sc2ccc(Cl)cn2)cn1. The van der Waals surface area contributed by atoms with E-state index in [2.05, 4.69) is 9.97 Å². The summed E-state index contributed by atoms with van der Waals surface area (Å²) in [6.07, 6.45) is 3.26. The Kier molecular flexibility index (Phi) is 3.61. The van der Waals surface area contributed by atoms with Gasteiger partial charge in [0, 0.05) is 17.3 Å². The van der Waals surface area contributed by atoms with Gasteiger partial charge in [-0.1, -0.05) is 23.4 Å². The van der Waals surface area contributed by atoms with E-state index in [4.69, 9.17) is 22.7 Å². The monoisotopic (exact) mass is 264 g/mol. The van der Waals surface area contributed by atoms with Crippen LogP contribution in [-0.4, -0.2) is 15.8 Å². The molecule has 2 heterocycles. The maximum absolute atomic E-state index is 7.23. The minimum atomic E-state index is -0.0360. The maximum atomic E-state index is 7.23. The predicted octanol–water partition coefficient (Wildman–Crippen LogP) is 2.57. The fraction of sp³-hybridized carbons (Fsp3) is 0. The van der Waals surface area contributed by atoms with Crippen LogP contribution >= 0.6 is 23.4 Å². The van der Waals surface area contributed by atoms with Gasteiger partial charge in [0.1, 0.15) is 16.6 Å². The summed E-state index contributed by atoms with van der Waals surface area (Å²) in [5.74, 6) is -0.0360. The number of pyridine rings is 2. The lowest BCUT2D eigenvalue weighted by Crippen LogP contribution is -2.12. The van der Waals surface area contributed by atoms with E-state index in [1.807, 2.05) is 12.1 Å². The van der Waals surface area contributed by atoms with E-state index in [-0.39, 0.29) is 5.84 Å². The lowest BCUT2D eigenvalue weighted by molar-refractivity contribution is 1.12. The number of hydrogen-bond donors (Lipinski definition) is 2. The van der Waals surface area contributed by atoms with Gasteiger partial charge < -0.3 is 5.73 Å². The van der Waals surface area contributed by atoms with Gasteiger partial charge in [-0.25, -0.2) is 4.98 Å². The fourth-order valence-corrected chi connectivity index (χ4v) is 1.98. The summed E-state index contributed by atoms with van der Waals surface area (Å²) in [6, 6.07) is 7.19. The number of aromatic nitrogens is 2. The highest BCUT2D eigenvalue weighted by Gasteiger charge is 2.01. The van der Waals surface area contributed by atoms with Crippen LogP contribution in [0.4, 0.5) is 0 Å². The van der Waals surface area contributed by atoms with Gasteiger partial charge in [-0.3, -0.25) is 10.4 Å². The second kappa shape index (κ2) is 5.16. The van der Waals surface area contributed by atoms with Crippen LogP contribution in [0.1, 0.15) is 5.69 Å². The molecule has 0 unspecified atom stereocenters. The second-order valence-electron chi connectivity index (χ2n) is 3.21. The van der Waals surface area contributed by atoms with Gasteiger partial charge in [0.05, 0.1) is 5.02 Å². The molecule has 0 atom stereocenters. The number of nitrogen functional groups attached to an aromatic ring is 1. The summed E-state index contributed by atoms with van der Waals surface area (Å²) in [6.45, 7) is 0. The molecule has 0 aromatic carbocycles. The fourth-order valence-electron chi connectivity index (χ4n) is 1.14. The summed E-state index contributed by atoms with van der Waals surface area (Å²) < 4.78 is 0. The van der Waals surface area contributed by atoms with Crippen LogP contribution in [0.3, 0.4) is 0 Å². The molecule has 6 heteroatoms. The number of amidine groups is 1. The molecule has 0 radical (unpaired) electrons. The number of nitrogens with one attached hydrogen (secondary N) is 1. The molecule has 2 aromatic heterocycles. The van der Waals surface area contributed by atoms with Crippen LogP contribution < -0.4 is 5.73 Å². The molecular formula is C11H9ClN4S. The van der Waals surface area contributed by atoms with Crippen molar-refractivity contribution < 1.29 is 0 Å². The molecule has 0 aliphatic carbocycles. The predicted molar refractivity (Wildman–Crippen MR) is 68.6 cm³/mol. The lowest BCUT2D eigenvalue weighted by Gasteiger charge is -2.01. The maximum Gasteiger partial charge on any atom is 0.141 e. The molecular weight excluding hydrogens is 256 g/mol. The third kappa shape index (κ3) is 3.18. The Bertz CT molecular complexity index is 524. The first-order valence-electron chi connectivity index (χ1n) is 4.75. The standard InChI is InChI=1S/C11H9ClN4S/c12-7-1-4-10(16-5-7)17-8-2-3-9(11(13)14)15-6-8/h1-6H,(H3,13,14). The zero-order valence-corrected chi connectivity index (χ0v) is 10.3. The summed E-state index contributed by atoms with van der Waals surface area (Å²) in [7, 11) is 0. The van der Waals surface area contributed by atoms with Crippen LogP contribution in [0, 0.1) is 5.41 Å².